The molecule has 3 N–H and O–H groups in total. The second-order valence-corrected chi connectivity index (χ2v) is 7.54. The van der Waals surface area contributed by atoms with Crippen LogP contribution in [0.25, 0.3) is 0 Å². The summed E-state index contributed by atoms with van der Waals surface area (Å²) in [6.45, 7) is 1.81. The Hall–Kier alpha value is -1.73. The van der Waals surface area contributed by atoms with E-state index in [4.69, 9.17) is 5.73 Å². The second kappa shape index (κ2) is 6.82. The van der Waals surface area contributed by atoms with Gasteiger partial charge in [0, 0.05) is 28.7 Å². The summed E-state index contributed by atoms with van der Waals surface area (Å²) in [6, 6.07) is 9.02. The lowest BCUT2D eigenvalue weighted by Crippen LogP contribution is -2.18. The van der Waals surface area contributed by atoms with Crippen LogP contribution in [0.5, 0.6) is 0 Å². The normalized spacial score (nSPS) is 11.3. The van der Waals surface area contributed by atoms with E-state index in [1.165, 1.54) is 11.8 Å². The summed E-state index contributed by atoms with van der Waals surface area (Å²) in [5, 5.41) is 0. The van der Waals surface area contributed by atoms with Crippen molar-refractivity contribution in [2.24, 2.45) is 0 Å². The molecule has 0 fully saturated rings. The summed E-state index contributed by atoms with van der Waals surface area (Å²) in [5.74, 6) is 0.521. The second-order valence-electron chi connectivity index (χ2n) is 4.53. The van der Waals surface area contributed by atoms with Crippen LogP contribution < -0.4 is 10.5 Å². The Morgan fingerprint density at radius 1 is 1.24 bits per heavy atom. The van der Waals surface area contributed by atoms with E-state index in [9.17, 15) is 8.42 Å². The highest BCUT2D eigenvalue weighted by Gasteiger charge is 2.11. The van der Waals surface area contributed by atoms with Crippen LogP contribution in [0.4, 0.5) is 11.4 Å². The molecule has 2 aromatic rings. The lowest BCUT2D eigenvalue weighted by molar-refractivity contribution is 0.602. The average molecular weight is 323 g/mol. The molecule has 0 saturated heterocycles. The number of anilines is 2. The number of aryl methyl sites for hydroxylation is 1. The van der Waals surface area contributed by atoms with Crippen molar-refractivity contribution in [3.05, 3.63) is 48.3 Å². The Balaban J connectivity index is 1.90. The van der Waals surface area contributed by atoms with Crippen molar-refractivity contribution < 1.29 is 8.42 Å². The molecule has 1 aromatic carbocycles. The van der Waals surface area contributed by atoms with Crippen LogP contribution in [-0.4, -0.2) is 24.9 Å². The zero-order valence-electron chi connectivity index (χ0n) is 11.6. The largest absolute Gasteiger partial charge is 0.399 e. The highest BCUT2D eigenvalue weighted by molar-refractivity contribution is 8.01. The first-order valence-electron chi connectivity index (χ1n) is 6.36. The number of nitrogens with zero attached hydrogens (tertiary/aromatic N) is 1. The van der Waals surface area contributed by atoms with E-state index in [2.05, 4.69) is 9.71 Å². The number of nitrogen functional groups attached to an aromatic ring is 1. The molecular formula is C14H17N3O2S2. The van der Waals surface area contributed by atoms with Crippen LogP contribution in [0, 0.1) is 6.92 Å². The number of hydrogen-bond donors (Lipinski definition) is 2. The molecular weight excluding hydrogens is 306 g/mol. The smallest absolute Gasteiger partial charge is 0.233 e. The number of rotatable bonds is 6. The van der Waals surface area contributed by atoms with Crippen molar-refractivity contribution in [3.63, 3.8) is 0 Å². The fourth-order valence-electron chi connectivity index (χ4n) is 1.64. The number of nitrogens with two attached hydrogens (primary N) is 1. The fraction of sp³-hybridized carbons (Fsp3) is 0.214. The van der Waals surface area contributed by atoms with Crippen LogP contribution in [0.1, 0.15) is 5.56 Å². The number of benzene rings is 1. The maximum Gasteiger partial charge on any atom is 0.233 e. The molecule has 1 aromatic heterocycles. The van der Waals surface area contributed by atoms with Gasteiger partial charge in [0.2, 0.25) is 10.0 Å². The molecule has 21 heavy (non-hydrogen) atoms. The van der Waals surface area contributed by atoms with Gasteiger partial charge in [-0.25, -0.2) is 8.42 Å². The van der Waals surface area contributed by atoms with E-state index < -0.39 is 10.0 Å². The number of sulfonamides is 1. The van der Waals surface area contributed by atoms with Crippen molar-refractivity contribution in [1.82, 2.24) is 4.98 Å². The van der Waals surface area contributed by atoms with Crippen molar-refractivity contribution in [2.75, 3.05) is 22.0 Å². The third-order valence-electron chi connectivity index (χ3n) is 2.79. The molecule has 0 unspecified atom stereocenters. The molecule has 112 valence electrons. The molecule has 7 heteroatoms. The lowest BCUT2D eigenvalue weighted by Gasteiger charge is -2.09. The standard InChI is InChI=1S/C14H17N3O2S2/c1-11-10-16-7-6-14(11)17-21(18,19)9-8-20-13-4-2-12(15)3-5-13/h2-7,10H,8-9,15H2,1H3,(H,16,17). The van der Waals surface area contributed by atoms with Crippen molar-refractivity contribution in [1.29, 1.82) is 0 Å². The Morgan fingerprint density at radius 2 is 1.95 bits per heavy atom. The maximum absolute atomic E-state index is 12.0. The van der Waals surface area contributed by atoms with E-state index in [-0.39, 0.29) is 5.75 Å². The van der Waals surface area contributed by atoms with Gasteiger partial charge >= 0.3 is 0 Å². The van der Waals surface area contributed by atoms with Gasteiger partial charge in [0.25, 0.3) is 0 Å². The van der Waals surface area contributed by atoms with Crippen LogP contribution in [0.2, 0.25) is 0 Å². The Morgan fingerprint density at radius 3 is 2.62 bits per heavy atom. The van der Waals surface area contributed by atoms with Gasteiger partial charge in [-0.1, -0.05) is 0 Å². The lowest BCUT2D eigenvalue weighted by atomic mass is 10.3. The van der Waals surface area contributed by atoms with Gasteiger partial charge in [-0.3, -0.25) is 9.71 Å². The van der Waals surface area contributed by atoms with Gasteiger partial charge in [0.1, 0.15) is 0 Å². The molecule has 0 radical (unpaired) electrons. The minimum absolute atomic E-state index is 0.0454. The third kappa shape index (κ3) is 4.95. The first-order valence-corrected chi connectivity index (χ1v) is 8.99. The number of pyridine rings is 1. The van der Waals surface area contributed by atoms with Gasteiger partial charge in [-0.2, -0.15) is 0 Å². The molecule has 2 rings (SSSR count). The Labute approximate surface area is 129 Å². The topological polar surface area (TPSA) is 85.1 Å². The molecule has 0 amide bonds. The van der Waals surface area contributed by atoms with Crippen LogP contribution in [0.3, 0.4) is 0 Å². The molecule has 0 bridgehead atoms. The quantitative estimate of drug-likeness (QED) is 0.630. The predicted molar refractivity (Wildman–Crippen MR) is 88.0 cm³/mol. The minimum Gasteiger partial charge on any atom is -0.399 e. The summed E-state index contributed by atoms with van der Waals surface area (Å²) < 4.78 is 26.6. The monoisotopic (exact) mass is 323 g/mol. The minimum atomic E-state index is -3.36. The van der Waals surface area contributed by atoms with Crippen LogP contribution in [-0.2, 0) is 10.0 Å². The number of nitrogens with one attached hydrogen (secondary N) is 1. The third-order valence-corrected chi connectivity index (χ3v) is 5.33. The van der Waals surface area contributed by atoms with E-state index >= 15 is 0 Å². The first-order chi connectivity index (χ1) is 9.96. The van der Waals surface area contributed by atoms with Crippen LogP contribution in [0.15, 0.2) is 47.6 Å². The summed E-state index contributed by atoms with van der Waals surface area (Å²) >= 11 is 1.48. The molecule has 0 aliphatic carbocycles. The molecule has 0 saturated carbocycles. The summed E-state index contributed by atoms with van der Waals surface area (Å²) in [6.07, 6.45) is 3.19. The van der Waals surface area contributed by atoms with E-state index in [1.807, 2.05) is 19.1 Å². The van der Waals surface area contributed by atoms with E-state index in [1.54, 1.807) is 30.6 Å². The SMILES string of the molecule is Cc1cnccc1NS(=O)(=O)CCSc1ccc(N)cc1. The summed E-state index contributed by atoms with van der Waals surface area (Å²) in [4.78, 5) is 4.93. The Bertz CT molecular complexity index is 700. The van der Waals surface area contributed by atoms with E-state index in [0.29, 0.717) is 17.1 Å². The summed E-state index contributed by atoms with van der Waals surface area (Å²) in [5.41, 5.74) is 7.67. The molecule has 1 heterocycles. The highest BCUT2D eigenvalue weighted by Crippen LogP contribution is 2.20. The summed E-state index contributed by atoms with van der Waals surface area (Å²) in [7, 11) is -3.36. The fourth-order valence-corrected chi connectivity index (χ4v) is 4.08. The molecule has 0 atom stereocenters. The number of aromatic nitrogens is 1. The highest BCUT2D eigenvalue weighted by atomic mass is 32.2. The first kappa shape index (κ1) is 15.7. The van der Waals surface area contributed by atoms with Gasteiger partial charge in [0.15, 0.2) is 0 Å². The van der Waals surface area contributed by atoms with Crippen LogP contribution >= 0.6 is 11.8 Å². The van der Waals surface area contributed by atoms with Gasteiger partial charge in [0.05, 0.1) is 11.4 Å². The van der Waals surface area contributed by atoms with Crippen molar-refractivity contribution in [3.8, 4) is 0 Å². The zero-order valence-corrected chi connectivity index (χ0v) is 13.2. The van der Waals surface area contributed by atoms with Gasteiger partial charge in [-0.05, 0) is 42.8 Å². The van der Waals surface area contributed by atoms with E-state index in [0.717, 1.165) is 10.5 Å². The molecule has 0 aliphatic rings. The molecule has 5 nitrogen and oxygen atoms in total. The van der Waals surface area contributed by atoms with Gasteiger partial charge in [-0.15, -0.1) is 11.8 Å². The maximum atomic E-state index is 12.0. The average Bonchev–Trinajstić information content (AvgIpc) is 2.43. The number of thioether (sulfide) groups is 1. The predicted octanol–water partition coefficient (Wildman–Crippen LogP) is 2.51. The molecule has 0 aliphatic heterocycles. The van der Waals surface area contributed by atoms with Gasteiger partial charge < -0.3 is 5.73 Å². The van der Waals surface area contributed by atoms with Crippen molar-refractivity contribution in [2.45, 2.75) is 11.8 Å². The number of hydrogen-bond acceptors (Lipinski definition) is 5. The molecule has 0 spiro atoms. The Kier molecular flexibility index (Phi) is 5.08. The zero-order chi connectivity index (χ0) is 15.3. The van der Waals surface area contributed by atoms with Crippen molar-refractivity contribution >= 4 is 33.2 Å².